The minimum atomic E-state index is -3.91. The maximum absolute atomic E-state index is 13.6. The van der Waals surface area contributed by atoms with Crippen molar-refractivity contribution in [3.05, 3.63) is 59.9 Å². The van der Waals surface area contributed by atoms with E-state index in [1.165, 1.54) is 18.2 Å². The van der Waals surface area contributed by atoms with E-state index < -0.39 is 15.8 Å². The predicted molar refractivity (Wildman–Crippen MR) is 82.4 cm³/mol. The molecule has 2 aromatic carbocycles. The summed E-state index contributed by atoms with van der Waals surface area (Å²) in [6.45, 7) is 4.21. The molecule has 0 bridgehead atoms. The standard InChI is InChI=1S/C16H18FNO2S/c1-3-12(2)13-8-10-14(11-9-13)18-21(19,20)16-7-5-4-6-15(16)17/h4-12,18H,3H2,1-2H3. The molecule has 0 aliphatic rings. The summed E-state index contributed by atoms with van der Waals surface area (Å²) in [7, 11) is -3.91. The number of anilines is 1. The summed E-state index contributed by atoms with van der Waals surface area (Å²) in [5.74, 6) is -0.344. The fourth-order valence-corrected chi connectivity index (χ4v) is 3.13. The molecule has 0 aliphatic heterocycles. The lowest BCUT2D eigenvalue weighted by Gasteiger charge is -2.12. The van der Waals surface area contributed by atoms with E-state index in [4.69, 9.17) is 0 Å². The van der Waals surface area contributed by atoms with Crippen LogP contribution in [0.15, 0.2) is 53.4 Å². The molecule has 5 heteroatoms. The molecule has 0 fully saturated rings. The smallest absolute Gasteiger partial charge is 0.264 e. The van der Waals surface area contributed by atoms with Gasteiger partial charge in [-0.2, -0.15) is 0 Å². The minimum absolute atomic E-state index is 0.351. The Kier molecular flexibility index (Phi) is 4.63. The minimum Gasteiger partial charge on any atom is -0.280 e. The first kappa shape index (κ1) is 15.5. The predicted octanol–water partition coefficient (Wildman–Crippen LogP) is 4.14. The molecule has 0 aromatic heterocycles. The maximum atomic E-state index is 13.6. The molecule has 21 heavy (non-hydrogen) atoms. The summed E-state index contributed by atoms with van der Waals surface area (Å²) < 4.78 is 40.3. The average Bonchev–Trinajstić information content (AvgIpc) is 2.47. The van der Waals surface area contributed by atoms with Gasteiger partial charge < -0.3 is 0 Å². The van der Waals surface area contributed by atoms with Gasteiger partial charge in [0.15, 0.2) is 0 Å². The van der Waals surface area contributed by atoms with Gasteiger partial charge in [-0.15, -0.1) is 0 Å². The Morgan fingerprint density at radius 3 is 2.29 bits per heavy atom. The van der Waals surface area contributed by atoms with E-state index in [0.29, 0.717) is 11.6 Å². The third-order valence-corrected chi connectivity index (χ3v) is 4.89. The zero-order chi connectivity index (χ0) is 15.5. The Hall–Kier alpha value is -1.88. The van der Waals surface area contributed by atoms with Gasteiger partial charge in [0.1, 0.15) is 10.7 Å². The van der Waals surface area contributed by atoms with E-state index in [1.807, 2.05) is 12.1 Å². The van der Waals surface area contributed by atoms with Crippen molar-refractivity contribution in [1.29, 1.82) is 0 Å². The largest absolute Gasteiger partial charge is 0.280 e. The van der Waals surface area contributed by atoms with E-state index in [2.05, 4.69) is 18.6 Å². The molecule has 1 atom stereocenters. The number of sulfonamides is 1. The molecule has 0 heterocycles. The second-order valence-electron chi connectivity index (χ2n) is 4.97. The van der Waals surface area contributed by atoms with Crippen molar-refractivity contribution in [1.82, 2.24) is 0 Å². The highest BCUT2D eigenvalue weighted by atomic mass is 32.2. The number of nitrogens with one attached hydrogen (secondary N) is 1. The summed E-state index contributed by atoms with van der Waals surface area (Å²) in [5.41, 5.74) is 1.57. The summed E-state index contributed by atoms with van der Waals surface area (Å²) >= 11 is 0. The molecular formula is C16H18FNO2S. The number of hydrogen-bond acceptors (Lipinski definition) is 2. The highest BCUT2D eigenvalue weighted by Gasteiger charge is 2.18. The van der Waals surface area contributed by atoms with Crippen LogP contribution < -0.4 is 4.72 Å². The molecule has 0 amide bonds. The molecule has 3 nitrogen and oxygen atoms in total. The summed E-state index contributed by atoms with van der Waals surface area (Å²) in [5, 5.41) is 0. The van der Waals surface area contributed by atoms with Gasteiger partial charge in [-0.3, -0.25) is 4.72 Å². The van der Waals surface area contributed by atoms with Crippen LogP contribution in [-0.4, -0.2) is 8.42 Å². The van der Waals surface area contributed by atoms with Gasteiger partial charge in [0.2, 0.25) is 0 Å². The molecule has 0 saturated carbocycles. The Labute approximate surface area is 124 Å². The molecule has 2 rings (SSSR count). The third kappa shape index (κ3) is 3.61. The van der Waals surface area contributed by atoms with E-state index in [-0.39, 0.29) is 4.90 Å². The van der Waals surface area contributed by atoms with Crippen LogP contribution in [-0.2, 0) is 10.0 Å². The summed E-state index contributed by atoms with van der Waals surface area (Å²) in [6, 6.07) is 12.5. The van der Waals surface area contributed by atoms with Crippen LogP contribution in [0.3, 0.4) is 0 Å². The van der Waals surface area contributed by atoms with Gasteiger partial charge >= 0.3 is 0 Å². The highest BCUT2D eigenvalue weighted by molar-refractivity contribution is 7.92. The molecular weight excluding hydrogens is 289 g/mol. The van der Waals surface area contributed by atoms with Crippen LogP contribution in [0.2, 0.25) is 0 Å². The van der Waals surface area contributed by atoms with Gasteiger partial charge in [0.05, 0.1) is 0 Å². The first-order valence-corrected chi connectivity index (χ1v) is 8.29. The van der Waals surface area contributed by atoms with E-state index in [0.717, 1.165) is 18.1 Å². The lowest BCUT2D eigenvalue weighted by Crippen LogP contribution is -2.14. The van der Waals surface area contributed by atoms with Gasteiger partial charge in [-0.25, -0.2) is 12.8 Å². The monoisotopic (exact) mass is 307 g/mol. The van der Waals surface area contributed by atoms with Gasteiger partial charge in [-0.1, -0.05) is 38.1 Å². The number of rotatable bonds is 5. The normalized spacial score (nSPS) is 12.9. The fourth-order valence-electron chi connectivity index (χ4n) is 1.99. The maximum Gasteiger partial charge on any atom is 0.264 e. The van der Waals surface area contributed by atoms with Crippen molar-refractivity contribution in [2.24, 2.45) is 0 Å². The lowest BCUT2D eigenvalue weighted by molar-refractivity contribution is 0.570. The highest BCUT2D eigenvalue weighted by Crippen LogP contribution is 2.22. The van der Waals surface area contributed by atoms with Crippen molar-refractivity contribution in [2.45, 2.75) is 31.1 Å². The molecule has 1 unspecified atom stereocenters. The number of hydrogen-bond donors (Lipinski definition) is 1. The quantitative estimate of drug-likeness (QED) is 0.902. The van der Waals surface area contributed by atoms with Crippen molar-refractivity contribution in [3.8, 4) is 0 Å². The van der Waals surface area contributed by atoms with Crippen molar-refractivity contribution in [3.63, 3.8) is 0 Å². The Bertz CT molecular complexity index is 711. The Morgan fingerprint density at radius 1 is 1.10 bits per heavy atom. The zero-order valence-corrected chi connectivity index (χ0v) is 12.8. The topological polar surface area (TPSA) is 46.2 Å². The molecule has 0 saturated heterocycles. The molecule has 0 radical (unpaired) electrons. The van der Waals surface area contributed by atoms with Crippen molar-refractivity contribution in [2.75, 3.05) is 4.72 Å². The number of benzene rings is 2. The zero-order valence-electron chi connectivity index (χ0n) is 12.0. The van der Waals surface area contributed by atoms with Crippen LogP contribution in [0.5, 0.6) is 0 Å². The molecule has 1 N–H and O–H groups in total. The Morgan fingerprint density at radius 2 is 1.71 bits per heavy atom. The first-order chi connectivity index (χ1) is 9.94. The molecule has 112 valence electrons. The average molecular weight is 307 g/mol. The fraction of sp³-hybridized carbons (Fsp3) is 0.250. The van der Waals surface area contributed by atoms with E-state index in [1.54, 1.807) is 12.1 Å². The van der Waals surface area contributed by atoms with Crippen molar-refractivity contribution >= 4 is 15.7 Å². The van der Waals surface area contributed by atoms with Gasteiger partial charge in [0, 0.05) is 5.69 Å². The second kappa shape index (κ2) is 6.26. The summed E-state index contributed by atoms with van der Waals surface area (Å²) in [4.78, 5) is -0.351. The second-order valence-corrected chi connectivity index (χ2v) is 6.62. The van der Waals surface area contributed by atoms with Crippen LogP contribution in [0.25, 0.3) is 0 Å². The summed E-state index contributed by atoms with van der Waals surface area (Å²) in [6.07, 6.45) is 1.01. The van der Waals surface area contributed by atoms with Crippen LogP contribution in [0.1, 0.15) is 31.7 Å². The van der Waals surface area contributed by atoms with Gasteiger partial charge in [-0.05, 0) is 42.2 Å². The van der Waals surface area contributed by atoms with Gasteiger partial charge in [0.25, 0.3) is 10.0 Å². The third-order valence-electron chi connectivity index (χ3n) is 3.47. The molecule has 0 spiro atoms. The Balaban J connectivity index is 2.23. The van der Waals surface area contributed by atoms with E-state index in [9.17, 15) is 12.8 Å². The number of halogens is 1. The van der Waals surface area contributed by atoms with E-state index >= 15 is 0 Å². The van der Waals surface area contributed by atoms with Crippen LogP contribution in [0.4, 0.5) is 10.1 Å². The van der Waals surface area contributed by atoms with Crippen LogP contribution >= 0.6 is 0 Å². The van der Waals surface area contributed by atoms with Crippen LogP contribution in [0, 0.1) is 5.82 Å². The molecule has 2 aromatic rings. The SMILES string of the molecule is CCC(C)c1ccc(NS(=O)(=O)c2ccccc2F)cc1. The lowest BCUT2D eigenvalue weighted by atomic mass is 9.99. The molecule has 0 aliphatic carbocycles. The van der Waals surface area contributed by atoms with Crippen molar-refractivity contribution < 1.29 is 12.8 Å². The first-order valence-electron chi connectivity index (χ1n) is 6.81.